The van der Waals surface area contributed by atoms with E-state index in [4.69, 9.17) is 0 Å². The van der Waals surface area contributed by atoms with Crippen molar-refractivity contribution in [2.24, 2.45) is 5.41 Å². The lowest BCUT2D eigenvalue weighted by Crippen LogP contribution is -2.48. The Bertz CT molecular complexity index is 425. The van der Waals surface area contributed by atoms with E-state index in [0.717, 1.165) is 13.1 Å². The van der Waals surface area contributed by atoms with Crippen molar-refractivity contribution in [1.82, 2.24) is 5.32 Å². The van der Waals surface area contributed by atoms with Gasteiger partial charge in [-0.25, -0.2) is 0 Å². The number of anilines is 1. The first-order chi connectivity index (χ1) is 8.95. The molecule has 1 aromatic carbocycles. The molecule has 0 aliphatic carbocycles. The van der Waals surface area contributed by atoms with Gasteiger partial charge in [-0.05, 0) is 43.9 Å². The Morgan fingerprint density at radius 2 is 2.05 bits per heavy atom. The Labute approximate surface area is 118 Å². The van der Waals surface area contributed by atoms with E-state index in [2.05, 4.69) is 69.1 Å². The van der Waals surface area contributed by atoms with Gasteiger partial charge in [0, 0.05) is 24.3 Å². The third-order valence-corrected chi connectivity index (χ3v) is 4.61. The predicted molar refractivity (Wildman–Crippen MR) is 83.9 cm³/mol. The van der Waals surface area contributed by atoms with Crippen molar-refractivity contribution in [2.75, 3.05) is 18.0 Å². The molecule has 0 aromatic heterocycles. The zero-order chi connectivity index (χ0) is 14.0. The molecule has 1 aromatic rings. The summed E-state index contributed by atoms with van der Waals surface area (Å²) < 4.78 is 0. The molecule has 2 atom stereocenters. The first-order valence-corrected chi connectivity index (χ1v) is 7.53. The zero-order valence-electron chi connectivity index (χ0n) is 13.0. The Morgan fingerprint density at radius 3 is 2.74 bits per heavy atom. The molecule has 1 aliphatic heterocycles. The lowest BCUT2D eigenvalue weighted by atomic mass is 9.84. The van der Waals surface area contributed by atoms with Crippen LogP contribution in [0.25, 0.3) is 0 Å². The molecule has 0 bridgehead atoms. The maximum absolute atomic E-state index is 3.57. The topological polar surface area (TPSA) is 15.3 Å². The second kappa shape index (κ2) is 5.54. The van der Waals surface area contributed by atoms with Crippen LogP contribution in [0.2, 0.25) is 0 Å². The molecule has 1 aliphatic rings. The van der Waals surface area contributed by atoms with Crippen molar-refractivity contribution >= 4 is 5.69 Å². The Balaban J connectivity index is 2.15. The van der Waals surface area contributed by atoms with Crippen molar-refractivity contribution in [3.63, 3.8) is 0 Å². The van der Waals surface area contributed by atoms with Crippen LogP contribution < -0.4 is 10.2 Å². The SMILES string of the molecule is CCNC(C)C(C)(C)CN1c2ccccc2CC1C. The van der Waals surface area contributed by atoms with Crippen LogP contribution in [-0.4, -0.2) is 25.2 Å². The lowest BCUT2D eigenvalue weighted by molar-refractivity contribution is 0.260. The van der Waals surface area contributed by atoms with Gasteiger partial charge < -0.3 is 10.2 Å². The van der Waals surface area contributed by atoms with Gasteiger partial charge in [0.1, 0.15) is 0 Å². The van der Waals surface area contributed by atoms with Crippen LogP contribution in [0.4, 0.5) is 5.69 Å². The van der Waals surface area contributed by atoms with E-state index >= 15 is 0 Å². The average Bonchev–Trinajstić information content (AvgIpc) is 2.66. The average molecular weight is 260 g/mol. The molecule has 2 nitrogen and oxygen atoms in total. The van der Waals surface area contributed by atoms with Crippen LogP contribution in [0.5, 0.6) is 0 Å². The first kappa shape index (κ1) is 14.4. The maximum Gasteiger partial charge on any atom is 0.0402 e. The highest BCUT2D eigenvalue weighted by Crippen LogP contribution is 2.35. The van der Waals surface area contributed by atoms with Gasteiger partial charge in [0.2, 0.25) is 0 Å². The quantitative estimate of drug-likeness (QED) is 0.872. The van der Waals surface area contributed by atoms with Crippen LogP contribution >= 0.6 is 0 Å². The number of hydrogen-bond donors (Lipinski definition) is 1. The lowest BCUT2D eigenvalue weighted by Gasteiger charge is -2.39. The van der Waals surface area contributed by atoms with E-state index in [1.165, 1.54) is 17.7 Å². The first-order valence-electron chi connectivity index (χ1n) is 7.53. The Hall–Kier alpha value is -1.02. The van der Waals surface area contributed by atoms with Crippen LogP contribution in [-0.2, 0) is 6.42 Å². The van der Waals surface area contributed by atoms with E-state index in [0.29, 0.717) is 12.1 Å². The maximum atomic E-state index is 3.57. The molecule has 1 N–H and O–H groups in total. The number of para-hydroxylation sites is 1. The van der Waals surface area contributed by atoms with Gasteiger partial charge in [-0.15, -0.1) is 0 Å². The standard InChI is InChI=1S/C17H28N2/c1-6-18-14(3)17(4,5)12-19-13(2)11-15-9-7-8-10-16(15)19/h7-10,13-14,18H,6,11-12H2,1-5H3. The summed E-state index contributed by atoms with van der Waals surface area (Å²) in [6.07, 6.45) is 1.18. The molecule has 2 rings (SSSR count). The van der Waals surface area contributed by atoms with Crippen molar-refractivity contribution in [1.29, 1.82) is 0 Å². The fraction of sp³-hybridized carbons (Fsp3) is 0.647. The minimum Gasteiger partial charge on any atom is -0.368 e. The largest absolute Gasteiger partial charge is 0.368 e. The van der Waals surface area contributed by atoms with E-state index < -0.39 is 0 Å². The fourth-order valence-corrected chi connectivity index (χ4v) is 3.03. The smallest absolute Gasteiger partial charge is 0.0402 e. The molecule has 0 saturated carbocycles. The number of hydrogen-bond acceptors (Lipinski definition) is 2. The summed E-state index contributed by atoms with van der Waals surface area (Å²) in [4.78, 5) is 2.59. The molecule has 0 spiro atoms. The van der Waals surface area contributed by atoms with Gasteiger partial charge in [-0.2, -0.15) is 0 Å². The molecule has 0 saturated heterocycles. The van der Waals surface area contributed by atoms with Gasteiger partial charge in [0.25, 0.3) is 0 Å². The van der Waals surface area contributed by atoms with Gasteiger partial charge in [0.15, 0.2) is 0 Å². The summed E-state index contributed by atoms with van der Waals surface area (Å²) in [5.41, 5.74) is 3.20. The molecule has 0 radical (unpaired) electrons. The number of benzene rings is 1. The highest BCUT2D eigenvalue weighted by molar-refractivity contribution is 5.59. The Kier molecular flexibility index (Phi) is 4.19. The van der Waals surface area contributed by atoms with Crippen molar-refractivity contribution in [3.8, 4) is 0 Å². The molecule has 2 unspecified atom stereocenters. The summed E-state index contributed by atoms with van der Waals surface area (Å²) in [7, 11) is 0. The highest BCUT2D eigenvalue weighted by atomic mass is 15.2. The zero-order valence-corrected chi connectivity index (χ0v) is 13.0. The summed E-state index contributed by atoms with van der Waals surface area (Å²) in [6.45, 7) is 13.7. The summed E-state index contributed by atoms with van der Waals surface area (Å²) >= 11 is 0. The van der Waals surface area contributed by atoms with Gasteiger partial charge in [-0.1, -0.05) is 39.0 Å². The number of nitrogens with zero attached hydrogens (tertiary/aromatic N) is 1. The van der Waals surface area contributed by atoms with Gasteiger partial charge in [-0.3, -0.25) is 0 Å². The molecule has 0 amide bonds. The van der Waals surface area contributed by atoms with Crippen LogP contribution in [0.3, 0.4) is 0 Å². The number of rotatable bonds is 5. The normalized spacial score (nSPS) is 20.5. The van der Waals surface area contributed by atoms with Crippen LogP contribution in [0.1, 0.15) is 40.2 Å². The van der Waals surface area contributed by atoms with Crippen LogP contribution in [0.15, 0.2) is 24.3 Å². The summed E-state index contributed by atoms with van der Waals surface area (Å²) in [5.74, 6) is 0. The minimum atomic E-state index is 0.266. The summed E-state index contributed by atoms with van der Waals surface area (Å²) in [5, 5.41) is 3.57. The van der Waals surface area contributed by atoms with E-state index in [9.17, 15) is 0 Å². The van der Waals surface area contributed by atoms with E-state index in [1.54, 1.807) is 0 Å². The van der Waals surface area contributed by atoms with E-state index in [1.807, 2.05) is 0 Å². The number of nitrogens with one attached hydrogen (secondary N) is 1. The van der Waals surface area contributed by atoms with Crippen LogP contribution in [0, 0.1) is 5.41 Å². The van der Waals surface area contributed by atoms with Gasteiger partial charge >= 0.3 is 0 Å². The third-order valence-electron chi connectivity index (χ3n) is 4.61. The monoisotopic (exact) mass is 260 g/mol. The molecule has 1 heterocycles. The Morgan fingerprint density at radius 1 is 1.37 bits per heavy atom. The molecule has 0 fully saturated rings. The van der Waals surface area contributed by atoms with Crippen molar-refractivity contribution in [3.05, 3.63) is 29.8 Å². The van der Waals surface area contributed by atoms with Gasteiger partial charge in [0.05, 0.1) is 0 Å². The second-order valence-electron chi connectivity index (χ2n) is 6.58. The molecule has 19 heavy (non-hydrogen) atoms. The highest BCUT2D eigenvalue weighted by Gasteiger charge is 2.33. The minimum absolute atomic E-state index is 0.266. The van der Waals surface area contributed by atoms with Crippen molar-refractivity contribution < 1.29 is 0 Å². The fourth-order valence-electron chi connectivity index (χ4n) is 3.03. The predicted octanol–water partition coefficient (Wildman–Crippen LogP) is 3.46. The molecular formula is C17H28N2. The summed E-state index contributed by atoms with van der Waals surface area (Å²) in [6, 6.07) is 9.99. The second-order valence-corrected chi connectivity index (χ2v) is 6.58. The van der Waals surface area contributed by atoms with Crippen molar-refractivity contribution in [2.45, 2.75) is 53.1 Å². The molecule has 106 valence electrons. The molecule has 2 heteroatoms. The molecular weight excluding hydrogens is 232 g/mol. The third kappa shape index (κ3) is 2.94. The number of fused-ring (bicyclic) bond motifs is 1. The van der Waals surface area contributed by atoms with E-state index in [-0.39, 0.29) is 5.41 Å².